The molecule has 0 atom stereocenters. The number of anilines is 1. The van der Waals surface area contributed by atoms with E-state index >= 15 is 0 Å². The minimum absolute atomic E-state index is 0.0487. The van der Waals surface area contributed by atoms with Crippen molar-refractivity contribution in [2.45, 2.75) is 4.90 Å². The summed E-state index contributed by atoms with van der Waals surface area (Å²) in [5.41, 5.74) is 0. The molecule has 0 aliphatic rings. The van der Waals surface area contributed by atoms with Gasteiger partial charge in [0.15, 0.2) is 5.13 Å². The van der Waals surface area contributed by atoms with Crippen molar-refractivity contribution in [1.29, 1.82) is 0 Å². The Morgan fingerprint density at radius 3 is 2.56 bits per heavy atom. The van der Waals surface area contributed by atoms with E-state index in [2.05, 4.69) is 30.6 Å². The number of halogens is 3. The Morgan fingerprint density at radius 2 is 2.00 bits per heavy atom. The molecule has 0 aliphatic carbocycles. The molecule has 2 heterocycles. The molecule has 18 heavy (non-hydrogen) atoms. The van der Waals surface area contributed by atoms with Crippen LogP contribution in [0.15, 0.2) is 27.1 Å². The smallest absolute Gasteiger partial charge is 0.255 e. The van der Waals surface area contributed by atoms with Crippen molar-refractivity contribution in [3.05, 3.63) is 32.4 Å². The van der Waals surface area contributed by atoms with Crippen LogP contribution < -0.4 is 4.72 Å². The van der Waals surface area contributed by atoms with Crippen molar-refractivity contribution in [2.24, 2.45) is 0 Å². The molecule has 0 amide bonds. The van der Waals surface area contributed by atoms with Crippen LogP contribution >= 0.6 is 50.5 Å². The molecule has 96 valence electrons. The summed E-state index contributed by atoms with van der Waals surface area (Å²) in [6, 6.07) is 1.22. The average molecular weight is 389 g/mol. The number of pyridine rings is 1. The summed E-state index contributed by atoms with van der Waals surface area (Å²) in [4.78, 5) is 7.47. The number of hydrogen-bond donors (Lipinski definition) is 1. The van der Waals surface area contributed by atoms with Gasteiger partial charge in [-0.1, -0.05) is 34.5 Å². The zero-order valence-electron chi connectivity index (χ0n) is 8.39. The van der Waals surface area contributed by atoms with E-state index in [9.17, 15) is 8.42 Å². The van der Waals surface area contributed by atoms with Gasteiger partial charge in [0, 0.05) is 6.20 Å². The van der Waals surface area contributed by atoms with Crippen LogP contribution in [-0.2, 0) is 10.0 Å². The van der Waals surface area contributed by atoms with Gasteiger partial charge in [-0.25, -0.2) is 18.4 Å². The Kier molecular flexibility index (Phi) is 4.12. The van der Waals surface area contributed by atoms with Crippen molar-refractivity contribution in [2.75, 3.05) is 4.72 Å². The van der Waals surface area contributed by atoms with E-state index in [0.29, 0.717) is 3.79 Å². The van der Waals surface area contributed by atoms with Crippen LogP contribution in [0.2, 0.25) is 10.2 Å². The fraction of sp³-hybridized carbons (Fsp3) is 0. The van der Waals surface area contributed by atoms with E-state index < -0.39 is 10.0 Å². The van der Waals surface area contributed by atoms with Crippen LogP contribution in [0.4, 0.5) is 5.13 Å². The lowest BCUT2D eigenvalue weighted by atomic mass is 10.5. The van der Waals surface area contributed by atoms with E-state index in [0.717, 1.165) is 17.5 Å². The predicted octanol–water partition coefficient (Wildman–Crippen LogP) is 3.41. The average Bonchev–Trinajstić information content (AvgIpc) is 2.67. The molecule has 0 aliphatic heterocycles. The number of nitrogens with one attached hydrogen (secondary N) is 1. The highest BCUT2D eigenvalue weighted by Crippen LogP contribution is 2.27. The van der Waals surface area contributed by atoms with Gasteiger partial charge in [0.05, 0.1) is 15.0 Å². The number of aromatic nitrogens is 2. The van der Waals surface area contributed by atoms with Crippen molar-refractivity contribution >= 4 is 65.6 Å². The molecule has 10 heteroatoms. The van der Waals surface area contributed by atoms with Gasteiger partial charge in [-0.05, 0) is 22.0 Å². The molecular weight excluding hydrogens is 385 g/mol. The summed E-state index contributed by atoms with van der Waals surface area (Å²) < 4.78 is 27.0. The van der Waals surface area contributed by atoms with Crippen LogP contribution in [0.1, 0.15) is 0 Å². The van der Waals surface area contributed by atoms with Crippen molar-refractivity contribution in [3.63, 3.8) is 0 Å². The molecule has 2 aromatic heterocycles. The van der Waals surface area contributed by atoms with Crippen LogP contribution in [0.3, 0.4) is 0 Å². The fourth-order valence-corrected chi connectivity index (χ4v) is 3.68. The van der Waals surface area contributed by atoms with Crippen LogP contribution in [0.25, 0.3) is 0 Å². The van der Waals surface area contributed by atoms with Crippen LogP contribution in [0, 0.1) is 0 Å². The van der Waals surface area contributed by atoms with Gasteiger partial charge in [0.2, 0.25) is 0 Å². The topological polar surface area (TPSA) is 72.0 Å². The maximum absolute atomic E-state index is 12.0. The lowest BCUT2D eigenvalue weighted by molar-refractivity contribution is 0.601. The third-order valence-corrected chi connectivity index (χ3v) is 5.29. The van der Waals surface area contributed by atoms with Gasteiger partial charge in [0.25, 0.3) is 10.0 Å². The second-order valence-corrected chi connectivity index (χ2v) is 7.88. The Labute approximate surface area is 125 Å². The molecule has 0 bridgehead atoms. The first-order valence-corrected chi connectivity index (χ1v) is 8.18. The first-order valence-electron chi connectivity index (χ1n) is 4.34. The highest BCUT2D eigenvalue weighted by Gasteiger charge is 2.18. The van der Waals surface area contributed by atoms with E-state index in [1.165, 1.54) is 12.3 Å². The van der Waals surface area contributed by atoms with Gasteiger partial charge >= 0.3 is 0 Å². The largest absolute Gasteiger partial charge is 0.265 e. The molecule has 2 aromatic rings. The first-order chi connectivity index (χ1) is 8.38. The number of thiazole rings is 1. The Balaban J connectivity index is 2.33. The van der Waals surface area contributed by atoms with Gasteiger partial charge in [-0.2, -0.15) is 0 Å². The summed E-state index contributed by atoms with van der Waals surface area (Å²) in [5.74, 6) is 0. The van der Waals surface area contributed by atoms with Crippen molar-refractivity contribution < 1.29 is 8.42 Å². The molecule has 0 aromatic carbocycles. The van der Waals surface area contributed by atoms with E-state index in [1.807, 2.05) is 0 Å². The molecule has 0 saturated carbocycles. The standard InChI is InChI=1S/C8H4BrCl2N3O2S2/c9-6-3-13-8(17-6)14-18(15,16)4-1-5(10)7(11)12-2-4/h1-3H,(H,13,14). The zero-order valence-corrected chi connectivity index (χ0v) is 13.1. The predicted molar refractivity (Wildman–Crippen MR) is 74.9 cm³/mol. The molecule has 5 nitrogen and oxygen atoms in total. The number of sulfonamides is 1. The summed E-state index contributed by atoms with van der Waals surface area (Å²) in [6.07, 6.45) is 2.62. The highest BCUT2D eigenvalue weighted by molar-refractivity contribution is 9.11. The molecule has 0 unspecified atom stereocenters. The molecule has 0 radical (unpaired) electrons. The molecule has 2 rings (SSSR count). The molecule has 1 N–H and O–H groups in total. The minimum atomic E-state index is -3.77. The Morgan fingerprint density at radius 1 is 1.28 bits per heavy atom. The summed E-state index contributed by atoms with van der Waals surface area (Å²) >= 11 is 15.7. The highest BCUT2D eigenvalue weighted by atomic mass is 79.9. The summed E-state index contributed by atoms with van der Waals surface area (Å²) in [7, 11) is -3.77. The van der Waals surface area contributed by atoms with Gasteiger partial charge in [-0.3, -0.25) is 4.72 Å². The van der Waals surface area contributed by atoms with Crippen molar-refractivity contribution in [3.8, 4) is 0 Å². The monoisotopic (exact) mass is 387 g/mol. The Hall–Kier alpha value is -0.410. The quantitative estimate of drug-likeness (QED) is 0.817. The minimum Gasteiger partial charge on any atom is -0.255 e. The third-order valence-electron chi connectivity index (χ3n) is 1.78. The normalized spacial score (nSPS) is 11.5. The number of hydrogen-bond acceptors (Lipinski definition) is 5. The third kappa shape index (κ3) is 3.12. The number of rotatable bonds is 3. The maximum atomic E-state index is 12.0. The zero-order chi connectivity index (χ0) is 13.3. The van der Waals surface area contributed by atoms with Gasteiger partial charge in [-0.15, -0.1) is 0 Å². The van der Waals surface area contributed by atoms with Gasteiger partial charge < -0.3 is 0 Å². The lowest BCUT2D eigenvalue weighted by Gasteiger charge is -2.05. The van der Waals surface area contributed by atoms with E-state index in [1.54, 1.807) is 0 Å². The summed E-state index contributed by atoms with van der Waals surface area (Å²) in [5, 5.41) is 0.361. The second kappa shape index (κ2) is 5.30. The fourth-order valence-electron chi connectivity index (χ4n) is 1.03. The molecular formula is C8H4BrCl2N3O2S2. The van der Waals surface area contributed by atoms with E-state index in [4.69, 9.17) is 23.2 Å². The van der Waals surface area contributed by atoms with Gasteiger partial charge in [0.1, 0.15) is 10.0 Å². The second-order valence-electron chi connectivity index (χ2n) is 3.02. The molecule has 0 saturated heterocycles. The van der Waals surface area contributed by atoms with Crippen LogP contribution in [0.5, 0.6) is 0 Å². The first kappa shape index (κ1) is 14.0. The van der Waals surface area contributed by atoms with Crippen LogP contribution in [-0.4, -0.2) is 18.4 Å². The Bertz CT molecular complexity index is 689. The SMILES string of the molecule is O=S(=O)(Nc1ncc(Br)s1)c1cnc(Cl)c(Cl)c1. The number of nitrogens with zero attached hydrogens (tertiary/aromatic N) is 2. The summed E-state index contributed by atoms with van der Waals surface area (Å²) in [6.45, 7) is 0. The molecule has 0 fully saturated rings. The maximum Gasteiger partial charge on any atom is 0.265 e. The lowest BCUT2D eigenvalue weighted by Crippen LogP contribution is -2.13. The van der Waals surface area contributed by atoms with E-state index in [-0.39, 0.29) is 20.2 Å². The van der Waals surface area contributed by atoms with Crippen molar-refractivity contribution in [1.82, 2.24) is 9.97 Å². The molecule has 0 spiro atoms.